The third-order valence-electron chi connectivity index (χ3n) is 5.50. The van der Waals surface area contributed by atoms with Crippen LogP contribution in [0.4, 0.5) is 0 Å². The molecule has 0 spiro atoms. The Hall–Kier alpha value is -1.60. The van der Waals surface area contributed by atoms with Crippen LogP contribution in [0.3, 0.4) is 0 Å². The molecule has 1 aliphatic heterocycles. The maximum atomic E-state index is 2.76. The van der Waals surface area contributed by atoms with Gasteiger partial charge in [0.2, 0.25) is 0 Å². The summed E-state index contributed by atoms with van der Waals surface area (Å²) in [6.45, 7) is 2.60. The van der Waals surface area contributed by atoms with E-state index < -0.39 is 0 Å². The van der Waals surface area contributed by atoms with Gasteiger partial charge in [-0.3, -0.25) is 0 Å². The summed E-state index contributed by atoms with van der Waals surface area (Å²) in [6.07, 6.45) is 6.70. The number of rotatable bonds is 2. The third kappa shape index (κ3) is 2.70. The largest absolute Gasteiger partial charge is 0.300 e. The van der Waals surface area contributed by atoms with Crippen LogP contribution < -0.4 is 0 Å². The lowest BCUT2D eigenvalue weighted by Gasteiger charge is -2.40. The van der Waals surface area contributed by atoms with E-state index in [0.717, 1.165) is 6.04 Å². The van der Waals surface area contributed by atoms with E-state index >= 15 is 0 Å². The fourth-order valence-electron chi connectivity index (χ4n) is 4.36. The molecule has 1 nitrogen and oxygen atoms in total. The SMILES string of the molecule is c1ccc([C@H]2C[C@H](N3CCCCC3)Cc3ccccc32)cc1. The van der Waals surface area contributed by atoms with Crippen molar-refractivity contribution in [1.82, 2.24) is 4.90 Å². The summed E-state index contributed by atoms with van der Waals surface area (Å²) in [5.74, 6) is 0.568. The van der Waals surface area contributed by atoms with Gasteiger partial charge in [-0.05, 0) is 55.5 Å². The Balaban J connectivity index is 1.67. The van der Waals surface area contributed by atoms with Gasteiger partial charge in [0.1, 0.15) is 0 Å². The number of hydrogen-bond donors (Lipinski definition) is 0. The van der Waals surface area contributed by atoms with E-state index in [2.05, 4.69) is 59.5 Å². The highest BCUT2D eigenvalue weighted by atomic mass is 15.2. The molecule has 1 saturated heterocycles. The zero-order valence-corrected chi connectivity index (χ0v) is 13.2. The molecular formula is C21H25N. The van der Waals surface area contributed by atoms with Crippen LogP contribution in [0, 0.1) is 0 Å². The van der Waals surface area contributed by atoms with Crippen LogP contribution in [0.15, 0.2) is 54.6 Å². The molecule has 114 valence electrons. The monoisotopic (exact) mass is 291 g/mol. The van der Waals surface area contributed by atoms with Crippen LogP contribution in [0.2, 0.25) is 0 Å². The quantitative estimate of drug-likeness (QED) is 0.780. The summed E-state index contributed by atoms with van der Waals surface area (Å²) in [5, 5.41) is 0. The summed E-state index contributed by atoms with van der Waals surface area (Å²) in [7, 11) is 0. The molecule has 2 aliphatic rings. The molecule has 0 bridgehead atoms. The van der Waals surface area contributed by atoms with Gasteiger partial charge >= 0.3 is 0 Å². The Labute approximate surface area is 134 Å². The topological polar surface area (TPSA) is 3.24 Å². The van der Waals surface area contributed by atoms with Crippen LogP contribution >= 0.6 is 0 Å². The fraction of sp³-hybridized carbons (Fsp3) is 0.429. The van der Waals surface area contributed by atoms with Crippen molar-refractivity contribution in [3.05, 3.63) is 71.3 Å². The van der Waals surface area contributed by atoms with E-state index in [-0.39, 0.29) is 0 Å². The number of nitrogens with zero attached hydrogens (tertiary/aromatic N) is 1. The van der Waals surface area contributed by atoms with Gasteiger partial charge in [-0.15, -0.1) is 0 Å². The molecule has 0 radical (unpaired) electrons. The molecule has 2 atom stereocenters. The van der Waals surface area contributed by atoms with Crippen molar-refractivity contribution in [2.45, 2.75) is 44.1 Å². The minimum Gasteiger partial charge on any atom is -0.300 e. The van der Waals surface area contributed by atoms with Gasteiger partial charge in [-0.1, -0.05) is 61.0 Å². The Morgan fingerprint density at radius 2 is 1.50 bits per heavy atom. The van der Waals surface area contributed by atoms with E-state index in [4.69, 9.17) is 0 Å². The van der Waals surface area contributed by atoms with Gasteiger partial charge < -0.3 is 4.90 Å². The highest BCUT2D eigenvalue weighted by molar-refractivity contribution is 5.41. The second-order valence-corrected chi connectivity index (χ2v) is 6.85. The number of likely N-dealkylation sites (tertiary alicyclic amines) is 1. The molecule has 22 heavy (non-hydrogen) atoms. The van der Waals surface area contributed by atoms with Crippen molar-refractivity contribution < 1.29 is 0 Å². The Bertz CT molecular complexity index is 613. The second kappa shape index (κ2) is 6.26. The fourth-order valence-corrected chi connectivity index (χ4v) is 4.36. The Kier molecular flexibility index (Phi) is 3.99. The van der Waals surface area contributed by atoms with Crippen molar-refractivity contribution in [2.24, 2.45) is 0 Å². The lowest BCUT2D eigenvalue weighted by Crippen LogP contribution is -2.43. The maximum Gasteiger partial charge on any atom is 0.0145 e. The van der Waals surface area contributed by atoms with Gasteiger partial charge in [0.15, 0.2) is 0 Å². The van der Waals surface area contributed by atoms with Crippen LogP contribution in [-0.4, -0.2) is 24.0 Å². The molecule has 1 heterocycles. The first kappa shape index (κ1) is 14.0. The summed E-state index contributed by atoms with van der Waals surface area (Å²) < 4.78 is 0. The van der Waals surface area contributed by atoms with Crippen molar-refractivity contribution in [1.29, 1.82) is 0 Å². The van der Waals surface area contributed by atoms with E-state index in [1.807, 2.05) is 0 Å². The van der Waals surface area contributed by atoms with Gasteiger partial charge in [0.25, 0.3) is 0 Å². The number of piperidine rings is 1. The lowest BCUT2D eigenvalue weighted by atomic mass is 9.76. The van der Waals surface area contributed by atoms with Crippen molar-refractivity contribution >= 4 is 0 Å². The van der Waals surface area contributed by atoms with Crippen LogP contribution in [0.1, 0.15) is 48.3 Å². The molecule has 4 rings (SSSR count). The third-order valence-corrected chi connectivity index (χ3v) is 5.50. The molecule has 1 fully saturated rings. The predicted molar refractivity (Wildman–Crippen MR) is 92.3 cm³/mol. The van der Waals surface area contributed by atoms with Gasteiger partial charge in [-0.25, -0.2) is 0 Å². The molecule has 1 aliphatic carbocycles. The Morgan fingerprint density at radius 3 is 2.32 bits per heavy atom. The molecule has 2 aromatic carbocycles. The summed E-state index contributed by atoms with van der Waals surface area (Å²) in [4.78, 5) is 2.76. The Morgan fingerprint density at radius 1 is 0.773 bits per heavy atom. The van der Waals surface area contributed by atoms with Crippen LogP contribution in [-0.2, 0) is 6.42 Å². The zero-order chi connectivity index (χ0) is 14.8. The zero-order valence-electron chi connectivity index (χ0n) is 13.2. The highest BCUT2D eigenvalue weighted by Gasteiger charge is 2.31. The van der Waals surface area contributed by atoms with E-state index in [9.17, 15) is 0 Å². The molecule has 2 aromatic rings. The first-order chi connectivity index (χ1) is 10.9. The van der Waals surface area contributed by atoms with Gasteiger partial charge in [0, 0.05) is 12.0 Å². The van der Waals surface area contributed by atoms with Crippen LogP contribution in [0.5, 0.6) is 0 Å². The van der Waals surface area contributed by atoms with E-state index in [0.29, 0.717) is 5.92 Å². The molecule has 0 amide bonds. The summed E-state index contributed by atoms with van der Waals surface area (Å²) in [6, 6.07) is 20.9. The lowest BCUT2D eigenvalue weighted by molar-refractivity contribution is 0.145. The average molecular weight is 291 g/mol. The minimum atomic E-state index is 0.568. The molecular weight excluding hydrogens is 266 g/mol. The first-order valence-electron chi connectivity index (χ1n) is 8.78. The molecule has 0 saturated carbocycles. The first-order valence-corrected chi connectivity index (χ1v) is 8.78. The second-order valence-electron chi connectivity index (χ2n) is 6.85. The predicted octanol–water partition coefficient (Wildman–Crippen LogP) is 4.62. The van der Waals surface area contributed by atoms with Crippen LogP contribution in [0.25, 0.3) is 0 Å². The number of hydrogen-bond acceptors (Lipinski definition) is 1. The van der Waals surface area contributed by atoms with Gasteiger partial charge in [-0.2, -0.15) is 0 Å². The average Bonchev–Trinajstić information content (AvgIpc) is 2.62. The standard InChI is InChI=1S/C21H25N/c1-3-9-17(10-4-1)21-16-19(22-13-7-2-8-14-22)15-18-11-5-6-12-20(18)21/h1,3-6,9-12,19,21H,2,7-8,13-16H2/t19-,21-/m1/s1. The van der Waals surface area contributed by atoms with Crippen molar-refractivity contribution in [3.8, 4) is 0 Å². The highest BCUT2D eigenvalue weighted by Crippen LogP contribution is 2.38. The molecule has 1 heteroatoms. The molecule has 0 unspecified atom stereocenters. The summed E-state index contributed by atoms with van der Waals surface area (Å²) in [5.41, 5.74) is 4.61. The maximum absolute atomic E-state index is 2.76. The normalized spacial score (nSPS) is 25.6. The molecule has 0 N–H and O–H groups in total. The molecule has 0 aromatic heterocycles. The summed E-state index contributed by atoms with van der Waals surface area (Å²) >= 11 is 0. The van der Waals surface area contributed by atoms with Crippen molar-refractivity contribution in [2.75, 3.05) is 13.1 Å². The van der Waals surface area contributed by atoms with E-state index in [1.54, 1.807) is 11.1 Å². The number of benzene rings is 2. The smallest absolute Gasteiger partial charge is 0.0145 e. The van der Waals surface area contributed by atoms with Crippen molar-refractivity contribution in [3.63, 3.8) is 0 Å². The van der Waals surface area contributed by atoms with E-state index in [1.165, 1.54) is 50.8 Å². The van der Waals surface area contributed by atoms with Gasteiger partial charge in [0.05, 0.1) is 0 Å². The number of fused-ring (bicyclic) bond motifs is 1. The minimum absolute atomic E-state index is 0.568.